The molecule has 0 aliphatic carbocycles. The van der Waals surface area contributed by atoms with E-state index in [4.69, 9.17) is 9.47 Å². The van der Waals surface area contributed by atoms with Crippen molar-refractivity contribution in [2.24, 2.45) is 4.99 Å². The van der Waals surface area contributed by atoms with Gasteiger partial charge in [-0.3, -0.25) is 9.36 Å². The van der Waals surface area contributed by atoms with Crippen LogP contribution in [0.15, 0.2) is 69.6 Å². The SMILES string of the molecule is CCOC(=O)C1=C(C)N=c2s/c(=C\c3ccccc3OC)c(=O)n2[C@H]1c1ccc(C)cc1. The molecule has 1 aromatic heterocycles. The van der Waals surface area contributed by atoms with Crippen LogP contribution in [0, 0.1) is 6.92 Å². The lowest BCUT2D eigenvalue weighted by Gasteiger charge is -2.24. The summed E-state index contributed by atoms with van der Waals surface area (Å²) in [5, 5.41) is 0. The molecule has 0 saturated carbocycles. The van der Waals surface area contributed by atoms with E-state index in [0.29, 0.717) is 26.4 Å². The van der Waals surface area contributed by atoms with Crippen molar-refractivity contribution < 1.29 is 14.3 Å². The number of hydrogen-bond donors (Lipinski definition) is 0. The van der Waals surface area contributed by atoms with Crippen molar-refractivity contribution in [3.63, 3.8) is 0 Å². The summed E-state index contributed by atoms with van der Waals surface area (Å²) in [6, 6.07) is 14.7. The smallest absolute Gasteiger partial charge is 0.338 e. The van der Waals surface area contributed by atoms with Crippen LogP contribution in [0.25, 0.3) is 6.08 Å². The van der Waals surface area contributed by atoms with Gasteiger partial charge in [0.25, 0.3) is 5.56 Å². The van der Waals surface area contributed by atoms with E-state index in [9.17, 15) is 9.59 Å². The normalized spacial score (nSPS) is 15.9. The van der Waals surface area contributed by atoms with Crippen LogP contribution in [0.5, 0.6) is 5.75 Å². The fourth-order valence-corrected chi connectivity index (χ4v) is 4.82. The number of benzene rings is 2. The summed E-state index contributed by atoms with van der Waals surface area (Å²) in [4.78, 5) is 31.6. The third-order valence-electron chi connectivity index (χ3n) is 5.34. The first-order chi connectivity index (χ1) is 15.4. The Bertz CT molecular complexity index is 1380. The monoisotopic (exact) mass is 448 g/mol. The lowest BCUT2D eigenvalue weighted by Crippen LogP contribution is -2.39. The highest BCUT2D eigenvalue weighted by atomic mass is 32.1. The maximum atomic E-state index is 13.6. The van der Waals surface area contributed by atoms with E-state index in [2.05, 4.69) is 4.99 Å². The molecule has 0 fully saturated rings. The van der Waals surface area contributed by atoms with E-state index in [-0.39, 0.29) is 12.2 Å². The van der Waals surface area contributed by atoms with Gasteiger partial charge in [-0.05, 0) is 38.5 Å². The number of methoxy groups -OCH3 is 1. The number of rotatable bonds is 5. The maximum Gasteiger partial charge on any atom is 0.338 e. The Morgan fingerprint density at radius 3 is 2.56 bits per heavy atom. The van der Waals surface area contributed by atoms with Crippen LogP contribution in [-0.4, -0.2) is 24.3 Å². The molecule has 2 aromatic carbocycles. The second-order valence-electron chi connectivity index (χ2n) is 7.45. The van der Waals surface area contributed by atoms with Crippen LogP contribution in [0.4, 0.5) is 0 Å². The highest BCUT2D eigenvalue weighted by Gasteiger charge is 2.33. The van der Waals surface area contributed by atoms with Crippen LogP contribution in [0.3, 0.4) is 0 Å². The molecule has 0 bridgehead atoms. The first-order valence-corrected chi connectivity index (χ1v) is 11.2. The van der Waals surface area contributed by atoms with Gasteiger partial charge < -0.3 is 9.47 Å². The summed E-state index contributed by atoms with van der Waals surface area (Å²) in [7, 11) is 1.60. The Hall–Kier alpha value is -3.45. The van der Waals surface area contributed by atoms with Gasteiger partial charge >= 0.3 is 5.97 Å². The number of aryl methyl sites for hydroxylation is 1. The van der Waals surface area contributed by atoms with Gasteiger partial charge in [-0.1, -0.05) is 59.4 Å². The molecular formula is C25H24N2O4S. The van der Waals surface area contributed by atoms with Gasteiger partial charge in [0.15, 0.2) is 4.80 Å². The third kappa shape index (κ3) is 3.91. The predicted octanol–water partition coefficient (Wildman–Crippen LogP) is 3.12. The number of aromatic nitrogens is 1. The molecule has 2 heterocycles. The second-order valence-corrected chi connectivity index (χ2v) is 8.46. The summed E-state index contributed by atoms with van der Waals surface area (Å²) >= 11 is 1.29. The molecule has 4 rings (SSSR count). The standard InChI is InChI=1S/C25H24N2O4S/c1-5-31-24(29)21-16(3)26-25-27(22(21)17-12-10-15(2)11-13-17)23(28)20(32-25)14-18-8-6-7-9-19(18)30-4/h6-14,22H,5H2,1-4H3/b20-14-/t22-/m0/s1. The number of carbonyl (C=O) groups excluding carboxylic acids is 1. The van der Waals surface area contributed by atoms with Crippen LogP contribution in [0.1, 0.15) is 36.6 Å². The molecule has 0 amide bonds. The number of carbonyl (C=O) groups is 1. The van der Waals surface area contributed by atoms with Gasteiger partial charge in [0.1, 0.15) is 5.75 Å². The number of ether oxygens (including phenoxy) is 2. The quantitative estimate of drug-likeness (QED) is 0.563. The maximum absolute atomic E-state index is 13.6. The van der Waals surface area contributed by atoms with E-state index in [1.165, 1.54) is 11.3 Å². The van der Waals surface area contributed by atoms with Crippen molar-refractivity contribution in [1.29, 1.82) is 0 Å². The topological polar surface area (TPSA) is 69.9 Å². The minimum Gasteiger partial charge on any atom is -0.496 e. The van der Waals surface area contributed by atoms with E-state index >= 15 is 0 Å². The Morgan fingerprint density at radius 1 is 1.16 bits per heavy atom. The molecule has 32 heavy (non-hydrogen) atoms. The zero-order chi connectivity index (χ0) is 22.8. The zero-order valence-electron chi connectivity index (χ0n) is 18.4. The number of fused-ring (bicyclic) bond motifs is 1. The molecule has 0 spiro atoms. The van der Waals surface area contributed by atoms with Gasteiger partial charge in [0.05, 0.1) is 35.6 Å². The highest BCUT2D eigenvalue weighted by molar-refractivity contribution is 7.07. The molecule has 1 atom stereocenters. The zero-order valence-corrected chi connectivity index (χ0v) is 19.2. The molecule has 164 valence electrons. The van der Waals surface area contributed by atoms with Crippen molar-refractivity contribution in [2.45, 2.75) is 26.8 Å². The molecule has 7 heteroatoms. The molecule has 1 aliphatic rings. The van der Waals surface area contributed by atoms with Crippen LogP contribution >= 0.6 is 11.3 Å². The van der Waals surface area contributed by atoms with Gasteiger partial charge in [-0.15, -0.1) is 0 Å². The number of nitrogens with zero attached hydrogens (tertiary/aromatic N) is 2. The Morgan fingerprint density at radius 2 is 1.88 bits per heavy atom. The minimum atomic E-state index is -0.606. The molecule has 0 N–H and O–H groups in total. The summed E-state index contributed by atoms with van der Waals surface area (Å²) in [5.41, 5.74) is 3.45. The fourth-order valence-electron chi connectivity index (χ4n) is 3.78. The van der Waals surface area contributed by atoms with Crippen molar-refractivity contribution in [2.75, 3.05) is 13.7 Å². The highest BCUT2D eigenvalue weighted by Crippen LogP contribution is 2.30. The summed E-state index contributed by atoms with van der Waals surface area (Å²) in [5.74, 6) is 0.218. The molecule has 6 nitrogen and oxygen atoms in total. The van der Waals surface area contributed by atoms with Crippen molar-refractivity contribution in [3.8, 4) is 5.75 Å². The van der Waals surface area contributed by atoms with Crippen LogP contribution in [0.2, 0.25) is 0 Å². The van der Waals surface area contributed by atoms with Crippen molar-refractivity contribution in [1.82, 2.24) is 4.57 Å². The molecular weight excluding hydrogens is 424 g/mol. The number of allylic oxidation sites excluding steroid dienone is 1. The van der Waals surface area contributed by atoms with Crippen molar-refractivity contribution >= 4 is 23.4 Å². The van der Waals surface area contributed by atoms with Gasteiger partial charge in [0.2, 0.25) is 0 Å². The van der Waals surface area contributed by atoms with Gasteiger partial charge in [-0.2, -0.15) is 0 Å². The Balaban J connectivity index is 1.97. The first kappa shape index (κ1) is 21.8. The lowest BCUT2D eigenvalue weighted by molar-refractivity contribution is -0.139. The average Bonchev–Trinajstić information content (AvgIpc) is 3.08. The predicted molar refractivity (Wildman–Crippen MR) is 125 cm³/mol. The Labute approximate surface area is 189 Å². The van der Waals surface area contributed by atoms with Crippen LogP contribution < -0.4 is 19.6 Å². The number of esters is 1. The lowest BCUT2D eigenvalue weighted by atomic mass is 9.95. The molecule has 0 unspecified atom stereocenters. The summed E-state index contributed by atoms with van der Waals surface area (Å²) < 4.78 is 12.9. The van der Waals surface area contributed by atoms with E-state index in [0.717, 1.165) is 16.7 Å². The number of para-hydroxylation sites is 1. The first-order valence-electron chi connectivity index (χ1n) is 10.3. The van der Waals surface area contributed by atoms with E-state index in [1.54, 1.807) is 31.6 Å². The largest absolute Gasteiger partial charge is 0.496 e. The van der Waals surface area contributed by atoms with E-state index in [1.807, 2.05) is 55.5 Å². The summed E-state index contributed by atoms with van der Waals surface area (Å²) in [6.45, 7) is 5.78. The second kappa shape index (κ2) is 8.96. The minimum absolute atomic E-state index is 0.209. The van der Waals surface area contributed by atoms with Crippen LogP contribution in [-0.2, 0) is 9.53 Å². The molecule has 0 saturated heterocycles. The molecule has 3 aromatic rings. The molecule has 0 radical (unpaired) electrons. The average molecular weight is 449 g/mol. The number of hydrogen-bond acceptors (Lipinski definition) is 6. The van der Waals surface area contributed by atoms with Gasteiger partial charge in [-0.25, -0.2) is 9.79 Å². The summed E-state index contributed by atoms with van der Waals surface area (Å²) in [6.07, 6.45) is 1.80. The van der Waals surface area contributed by atoms with Gasteiger partial charge in [0, 0.05) is 5.56 Å². The fraction of sp³-hybridized carbons (Fsp3) is 0.240. The Kier molecular flexibility index (Phi) is 6.10. The van der Waals surface area contributed by atoms with Crippen molar-refractivity contribution in [3.05, 3.63) is 96.2 Å². The number of thiazole rings is 1. The third-order valence-corrected chi connectivity index (χ3v) is 6.32. The van der Waals surface area contributed by atoms with E-state index < -0.39 is 12.0 Å². The molecule has 1 aliphatic heterocycles.